The first-order chi connectivity index (χ1) is 8.74. The molecule has 98 valence electrons. The first-order valence-corrected chi connectivity index (χ1v) is 6.97. The molecular weight excluding hydrogens is 227 g/mol. The molecule has 1 saturated heterocycles. The van der Waals surface area contributed by atoms with Crippen LogP contribution >= 0.6 is 0 Å². The lowest BCUT2D eigenvalue weighted by molar-refractivity contribution is 0.514. The summed E-state index contributed by atoms with van der Waals surface area (Å²) in [5.74, 6) is 0.624. The highest BCUT2D eigenvalue weighted by atomic mass is 19.1. The van der Waals surface area contributed by atoms with Gasteiger partial charge in [0.15, 0.2) is 0 Å². The Morgan fingerprint density at radius 2 is 2.17 bits per heavy atom. The number of hydrogen-bond acceptors (Lipinski definition) is 2. The van der Waals surface area contributed by atoms with Gasteiger partial charge in [0, 0.05) is 19.1 Å². The third-order valence-electron chi connectivity index (χ3n) is 4.07. The quantitative estimate of drug-likeness (QED) is 0.881. The number of aryl methyl sites for hydroxylation is 1. The Hall–Kier alpha value is -1.09. The molecule has 1 heterocycles. The van der Waals surface area contributed by atoms with E-state index in [1.54, 1.807) is 0 Å². The van der Waals surface area contributed by atoms with Gasteiger partial charge in [0.25, 0.3) is 0 Å². The Labute approximate surface area is 108 Å². The number of hydrogen-bond donors (Lipinski definition) is 1. The fourth-order valence-corrected chi connectivity index (χ4v) is 2.72. The van der Waals surface area contributed by atoms with Crippen LogP contribution in [-0.4, -0.2) is 25.7 Å². The molecule has 3 rings (SSSR count). The van der Waals surface area contributed by atoms with Gasteiger partial charge in [-0.1, -0.05) is 12.1 Å². The number of benzene rings is 1. The number of nitrogens with one attached hydrogen (secondary N) is 1. The van der Waals surface area contributed by atoms with Gasteiger partial charge >= 0.3 is 0 Å². The van der Waals surface area contributed by atoms with Gasteiger partial charge in [-0.3, -0.25) is 0 Å². The second kappa shape index (κ2) is 4.88. The predicted molar refractivity (Wildman–Crippen MR) is 72.5 cm³/mol. The summed E-state index contributed by atoms with van der Waals surface area (Å²) in [4.78, 5) is 2.20. The van der Waals surface area contributed by atoms with E-state index in [9.17, 15) is 4.39 Å². The summed E-state index contributed by atoms with van der Waals surface area (Å²) >= 11 is 0. The largest absolute Gasteiger partial charge is 0.369 e. The summed E-state index contributed by atoms with van der Waals surface area (Å²) in [6, 6.07) is 6.46. The molecule has 0 radical (unpaired) electrons. The van der Waals surface area contributed by atoms with Crippen LogP contribution in [0, 0.1) is 18.7 Å². The standard InChI is InChI=1S/C15H21FN2/c1-11-3-2-4-14(15(11)16)18-8-7-12(10-18)9-17-13-5-6-13/h2-4,12-13,17H,5-10H2,1H3. The van der Waals surface area contributed by atoms with E-state index >= 15 is 0 Å². The van der Waals surface area contributed by atoms with Gasteiger partial charge in [0.05, 0.1) is 5.69 Å². The zero-order valence-corrected chi connectivity index (χ0v) is 11.0. The van der Waals surface area contributed by atoms with Gasteiger partial charge in [0.1, 0.15) is 5.82 Å². The normalized spacial score (nSPS) is 23.7. The van der Waals surface area contributed by atoms with E-state index in [4.69, 9.17) is 0 Å². The van der Waals surface area contributed by atoms with E-state index in [1.165, 1.54) is 19.3 Å². The summed E-state index contributed by atoms with van der Waals surface area (Å²) in [5, 5.41) is 3.58. The highest BCUT2D eigenvalue weighted by Crippen LogP contribution is 2.28. The molecule has 1 aliphatic carbocycles. The average Bonchev–Trinajstić information content (AvgIpc) is 3.08. The number of rotatable bonds is 4. The van der Waals surface area contributed by atoms with E-state index in [1.807, 2.05) is 25.1 Å². The van der Waals surface area contributed by atoms with Crippen LogP contribution in [-0.2, 0) is 0 Å². The summed E-state index contributed by atoms with van der Waals surface area (Å²) in [6.45, 7) is 4.90. The minimum absolute atomic E-state index is 0.0479. The zero-order chi connectivity index (χ0) is 12.5. The third-order valence-corrected chi connectivity index (χ3v) is 4.07. The van der Waals surface area contributed by atoms with Crippen molar-refractivity contribution in [2.45, 2.75) is 32.2 Å². The lowest BCUT2D eigenvalue weighted by Crippen LogP contribution is -2.28. The van der Waals surface area contributed by atoms with Crippen LogP contribution in [0.15, 0.2) is 18.2 Å². The first kappa shape index (κ1) is 12.0. The molecule has 1 aliphatic heterocycles. The molecule has 1 saturated carbocycles. The highest BCUT2D eigenvalue weighted by Gasteiger charge is 2.27. The van der Waals surface area contributed by atoms with Crippen molar-refractivity contribution >= 4 is 5.69 Å². The Bertz CT molecular complexity index is 429. The second-order valence-corrected chi connectivity index (χ2v) is 5.69. The topological polar surface area (TPSA) is 15.3 Å². The van der Waals surface area contributed by atoms with Gasteiger partial charge in [-0.2, -0.15) is 0 Å². The van der Waals surface area contributed by atoms with Crippen molar-refractivity contribution in [1.29, 1.82) is 0 Å². The van der Waals surface area contributed by atoms with E-state index in [0.29, 0.717) is 5.92 Å². The van der Waals surface area contributed by atoms with Crippen molar-refractivity contribution in [3.63, 3.8) is 0 Å². The fourth-order valence-electron chi connectivity index (χ4n) is 2.72. The molecule has 0 amide bonds. The predicted octanol–water partition coefficient (Wildman–Crippen LogP) is 2.71. The molecule has 1 unspecified atom stereocenters. The van der Waals surface area contributed by atoms with Gasteiger partial charge < -0.3 is 10.2 Å². The van der Waals surface area contributed by atoms with Crippen LogP contribution in [0.1, 0.15) is 24.8 Å². The fraction of sp³-hybridized carbons (Fsp3) is 0.600. The molecule has 2 aliphatic rings. The molecule has 2 nitrogen and oxygen atoms in total. The average molecular weight is 248 g/mol. The van der Waals surface area contributed by atoms with Gasteiger partial charge in [-0.25, -0.2) is 4.39 Å². The molecule has 0 bridgehead atoms. The summed E-state index contributed by atoms with van der Waals surface area (Å²) in [7, 11) is 0. The Morgan fingerprint density at radius 3 is 2.94 bits per heavy atom. The van der Waals surface area contributed by atoms with Crippen LogP contribution in [0.5, 0.6) is 0 Å². The van der Waals surface area contributed by atoms with Crippen molar-refractivity contribution in [3.8, 4) is 0 Å². The SMILES string of the molecule is Cc1cccc(N2CCC(CNC3CC3)C2)c1F. The Kier molecular flexibility index (Phi) is 3.25. The van der Waals surface area contributed by atoms with E-state index in [2.05, 4.69) is 10.2 Å². The molecule has 1 aromatic rings. The molecule has 18 heavy (non-hydrogen) atoms. The maximum Gasteiger partial charge on any atom is 0.149 e. The molecule has 1 aromatic carbocycles. The highest BCUT2D eigenvalue weighted by molar-refractivity contribution is 5.51. The lowest BCUT2D eigenvalue weighted by atomic mass is 10.1. The minimum atomic E-state index is -0.0479. The zero-order valence-electron chi connectivity index (χ0n) is 11.0. The Morgan fingerprint density at radius 1 is 1.33 bits per heavy atom. The van der Waals surface area contributed by atoms with Crippen molar-refractivity contribution in [3.05, 3.63) is 29.6 Å². The molecular formula is C15H21FN2. The van der Waals surface area contributed by atoms with Crippen LogP contribution in [0.3, 0.4) is 0 Å². The Balaban J connectivity index is 1.61. The smallest absolute Gasteiger partial charge is 0.149 e. The molecule has 1 atom stereocenters. The van der Waals surface area contributed by atoms with Gasteiger partial charge in [-0.15, -0.1) is 0 Å². The van der Waals surface area contributed by atoms with Crippen molar-refractivity contribution < 1.29 is 4.39 Å². The van der Waals surface area contributed by atoms with Crippen molar-refractivity contribution in [1.82, 2.24) is 5.32 Å². The molecule has 1 N–H and O–H groups in total. The number of halogens is 1. The maximum atomic E-state index is 14.0. The number of anilines is 1. The van der Waals surface area contributed by atoms with Gasteiger partial charge in [-0.05, 0) is 50.3 Å². The van der Waals surface area contributed by atoms with Crippen LogP contribution in [0.4, 0.5) is 10.1 Å². The third kappa shape index (κ3) is 2.51. The number of nitrogens with zero attached hydrogens (tertiary/aromatic N) is 1. The maximum absolute atomic E-state index is 14.0. The van der Waals surface area contributed by atoms with Crippen molar-refractivity contribution in [2.24, 2.45) is 5.92 Å². The van der Waals surface area contributed by atoms with Crippen LogP contribution in [0.25, 0.3) is 0 Å². The van der Waals surface area contributed by atoms with E-state index < -0.39 is 0 Å². The first-order valence-electron chi connectivity index (χ1n) is 6.97. The molecule has 2 fully saturated rings. The summed E-state index contributed by atoms with van der Waals surface area (Å²) < 4.78 is 14.0. The summed E-state index contributed by atoms with van der Waals surface area (Å²) in [6.07, 6.45) is 3.85. The van der Waals surface area contributed by atoms with Crippen LogP contribution < -0.4 is 10.2 Å². The lowest BCUT2D eigenvalue weighted by Gasteiger charge is -2.20. The summed E-state index contributed by atoms with van der Waals surface area (Å²) in [5.41, 5.74) is 1.52. The molecule has 0 aromatic heterocycles. The van der Waals surface area contributed by atoms with Crippen molar-refractivity contribution in [2.75, 3.05) is 24.5 Å². The minimum Gasteiger partial charge on any atom is -0.369 e. The van der Waals surface area contributed by atoms with E-state index in [-0.39, 0.29) is 5.82 Å². The monoisotopic (exact) mass is 248 g/mol. The second-order valence-electron chi connectivity index (χ2n) is 5.69. The molecule has 3 heteroatoms. The molecule has 0 spiro atoms. The van der Waals surface area contributed by atoms with E-state index in [0.717, 1.165) is 36.9 Å². The van der Waals surface area contributed by atoms with Crippen LogP contribution in [0.2, 0.25) is 0 Å². The van der Waals surface area contributed by atoms with Gasteiger partial charge in [0.2, 0.25) is 0 Å².